The second-order valence-corrected chi connectivity index (χ2v) is 7.11. The molecule has 5 nitrogen and oxygen atoms in total. The Hall–Kier alpha value is -2.69. The van der Waals surface area contributed by atoms with Gasteiger partial charge in [0, 0.05) is 37.0 Å². The van der Waals surface area contributed by atoms with Crippen LogP contribution in [0.4, 0.5) is 16.2 Å². The zero-order valence-corrected chi connectivity index (χ0v) is 15.0. The van der Waals surface area contributed by atoms with Gasteiger partial charge in [-0.25, -0.2) is 4.79 Å². The van der Waals surface area contributed by atoms with Crippen molar-refractivity contribution in [2.24, 2.45) is 0 Å². The number of carbonyl (C=O) groups is 1. The molecule has 1 atom stereocenters. The van der Waals surface area contributed by atoms with Gasteiger partial charge in [0.2, 0.25) is 0 Å². The highest BCUT2D eigenvalue weighted by molar-refractivity contribution is 5.67. The van der Waals surface area contributed by atoms with E-state index in [2.05, 4.69) is 53.7 Å². The van der Waals surface area contributed by atoms with E-state index in [1.807, 2.05) is 0 Å². The number of ether oxygens (including phenoxy) is 1. The van der Waals surface area contributed by atoms with Crippen molar-refractivity contribution >= 4 is 17.5 Å². The molecule has 0 radical (unpaired) electrons. The molecule has 136 valence electrons. The predicted octanol–water partition coefficient (Wildman–Crippen LogP) is 4.08. The Labute approximate surface area is 153 Å². The lowest BCUT2D eigenvalue weighted by molar-refractivity contribution is 0.191. The fourth-order valence-corrected chi connectivity index (χ4v) is 4.00. The first-order valence-corrected chi connectivity index (χ1v) is 9.21. The second-order valence-electron chi connectivity index (χ2n) is 7.11. The van der Waals surface area contributed by atoms with Gasteiger partial charge in [-0.2, -0.15) is 0 Å². The maximum absolute atomic E-state index is 10.8. The third-order valence-electron chi connectivity index (χ3n) is 5.52. The van der Waals surface area contributed by atoms with Gasteiger partial charge >= 0.3 is 6.09 Å². The topological polar surface area (TPSA) is 61.8 Å². The standard InChI is InChI=1S/C21H24N2O3/c1-23(17-6-5-14-3-2-4-15(14)11-17)18-7-8-19-16(13-22-21(24)25)9-10-26-20(19)12-18/h5-8,11-12,16,22H,2-4,9-10,13H2,1H3,(H,24,25)/t16-/m0/s1. The summed E-state index contributed by atoms with van der Waals surface area (Å²) in [5.74, 6) is 1.02. The van der Waals surface area contributed by atoms with E-state index in [9.17, 15) is 4.79 Å². The van der Waals surface area contributed by atoms with E-state index in [1.165, 1.54) is 36.1 Å². The van der Waals surface area contributed by atoms with Crippen LogP contribution in [0, 0.1) is 0 Å². The maximum atomic E-state index is 10.8. The molecule has 26 heavy (non-hydrogen) atoms. The summed E-state index contributed by atoms with van der Waals surface area (Å²) in [6.45, 7) is 1.04. The van der Waals surface area contributed by atoms with E-state index >= 15 is 0 Å². The normalized spacial score (nSPS) is 17.8. The van der Waals surface area contributed by atoms with Gasteiger partial charge in [-0.1, -0.05) is 12.1 Å². The summed E-state index contributed by atoms with van der Waals surface area (Å²) < 4.78 is 5.86. The Morgan fingerprint density at radius 1 is 1.19 bits per heavy atom. The van der Waals surface area contributed by atoms with Crippen molar-refractivity contribution < 1.29 is 14.6 Å². The average Bonchev–Trinajstić information content (AvgIpc) is 3.13. The Morgan fingerprint density at radius 2 is 1.96 bits per heavy atom. The minimum absolute atomic E-state index is 0.161. The Kier molecular flexibility index (Phi) is 4.45. The van der Waals surface area contributed by atoms with Crippen molar-refractivity contribution in [1.82, 2.24) is 5.32 Å². The smallest absolute Gasteiger partial charge is 0.404 e. The molecule has 1 aliphatic heterocycles. The van der Waals surface area contributed by atoms with Gasteiger partial charge in [-0.3, -0.25) is 0 Å². The molecule has 2 aliphatic rings. The Balaban J connectivity index is 1.57. The quantitative estimate of drug-likeness (QED) is 0.870. The van der Waals surface area contributed by atoms with Gasteiger partial charge in [0.05, 0.1) is 6.61 Å². The molecule has 0 bridgehead atoms. The molecule has 1 heterocycles. The number of hydrogen-bond donors (Lipinski definition) is 2. The minimum atomic E-state index is -0.981. The van der Waals surface area contributed by atoms with Gasteiger partial charge in [0.15, 0.2) is 0 Å². The van der Waals surface area contributed by atoms with E-state index in [0.717, 1.165) is 23.4 Å². The van der Waals surface area contributed by atoms with Crippen LogP contribution in [0.3, 0.4) is 0 Å². The number of nitrogens with one attached hydrogen (secondary N) is 1. The SMILES string of the molecule is CN(c1ccc2c(c1)CCC2)c1ccc2c(c1)OCC[C@H]2CNC(=O)O. The lowest BCUT2D eigenvalue weighted by Gasteiger charge is -2.28. The third-order valence-corrected chi connectivity index (χ3v) is 5.52. The second kappa shape index (κ2) is 6.90. The van der Waals surface area contributed by atoms with Gasteiger partial charge in [0.25, 0.3) is 0 Å². The lowest BCUT2D eigenvalue weighted by Crippen LogP contribution is -2.29. The third kappa shape index (κ3) is 3.21. The van der Waals surface area contributed by atoms with E-state index in [0.29, 0.717) is 13.2 Å². The number of nitrogens with zero attached hydrogens (tertiary/aromatic N) is 1. The summed E-state index contributed by atoms with van der Waals surface area (Å²) in [6, 6.07) is 13.0. The fourth-order valence-electron chi connectivity index (χ4n) is 4.00. The van der Waals surface area contributed by atoms with E-state index in [4.69, 9.17) is 9.84 Å². The van der Waals surface area contributed by atoms with Gasteiger partial charge in [0.1, 0.15) is 5.75 Å². The molecule has 0 saturated heterocycles. The molecule has 0 unspecified atom stereocenters. The molecule has 0 spiro atoms. The number of fused-ring (bicyclic) bond motifs is 2. The molecule has 5 heteroatoms. The van der Waals surface area contributed by atoms with Gasteiger partial charge in [-0.15, -0.1) is 0 Å². The summed E-state index contributed by atoms with van der Waals surface area (Å²) >= 11 is 0. The van der Waals surface area contributed by atoms with E-state index < -0.39 is 6.09 Å². The molecule has 4 rings (SSSR count). The highest BCUT2D eigenvalue weighted by Gasteiger charge is 2.23. The fraction of sp³-hybridized carbons (Fsp3) is 0.381. The van der Waals surface area contributed by atoms with Crippen LogP contribution in [0.5, 0.6) is 5.75 Å². The molecule has 2 aromatic carbocycles. The number of aryl methyl sites for hydroxylation is 2. The monoisotopic (exact) mass is 352 g/mol. The van der Waals surface area contributed by atoms with Crippen molar-refractivity contribution in [3.8, 4) is 5.75 Å². The van der Waals surface area contributed by atoms with Crippen LogP contribution in [0.25, 0.3) is 0 Å². The zero-order valence-electron chi connectivity index (χ0n) is 15.0. The zero-order chi connectivity index (χ0) is 18.1. The molecule has 0 aromatic heterocycles. The first-order chi connectivity index (χ1) is 12.6. The number of hydrogen-bond acceptors (Lipinski definition) is 3. The first kappa shape index (κ1) is 16.8. The summed E-state index contributed by atoms with van der Waals surface area (Å²) in [7, 11) is 2.07. The van der Waals surface area contributed by atoms with Crippen LogP contribution in [-0.2, 0) is 12.8 Å². The van der Waals surface area contributed by atoms with Gasteiger partial charge < -0.3 is 20.1 Å². The lowest BCUT2D eigenvalue weighted by atomic mass is 9.92. The Morgan fingerprint density at radius 3 is 2.81 bits per heavy atom. The number of benzene rings is 2. The average molecular weight is 352 g/mol. The van der Waals surface area contributed by atoms with Crippen molar-refractivity contribution in [3.05, 3.63) is 53.1 Å². The molecule has 2 aromatic rings. The van der Waals surface area contributed by atoms with Crippen molar-refractivity contribution in [1.29, 1.82) is 0 Å². The molecule has 0 saturated carbocycles. The summed E-state index contributed by atoms with van der Waals surface area (Å²) in [5, 5.41) is 11.3. The number of anilines is 2. The number of rotatable bonds is 4. The summed E-state index contributed by atoms with van der Waals surface area (Å²) in [5.41, 5.74) is 6.28. The highest BCUT2D eigenvalue weighted by Crippen LogP contribution is 2.38. The van der Waals surface area contributed by atoms with Crippen LogP contribution in [0.1, 0.15) is 35.4 Å². The van der Waals surface area contributed by atoms with Crippen LogP contribution in [0.2, 0.25) is 0 Å². The van der Waals surface area contributed by atoms with Gasteiger partial charge in [-0.05, 0) is 60.6 Å². The molecule has 2 N–H and O–H groups in total. The predicted molar refractivity (Wildman–Crippen MR) is 102 cm³/mol. The highest BCUT2D eigenvalue weighted by atomic mass is 16.5. The van der Waals surface area contributed by atoms with Crippen LogP contribution in [0.15, 0.2) is 36.4 Å². The van der Waals surface area contributed by atoms with Crippen molar-refractivity contribution in [2.75, 3.05) is 25.1 Å². The minimum Gasteiger partial charge on any atom is -0.493 e. The summed E-state index contributed by atoms with van der Waals surface area (Å²) in [6.07, 6.45) is 3.46. The van der Waals surface area contributed by atoms with Crippen molar-refractivity contribution in [2.45, 2.75) is 31.6 Å². The largest absolute Gasteiger partial charge is 0.493 e. The van der Waals surface area contributed by atoms with E-state index in [1.54, 1.807) is 0 Å². The molecular formula is C21H24N2O3. The number of amides is 1. The van der Waals surface area contributed by atoms with Crippen molar-refractivity contribution in [3.63, 3.8) is 0 Å². The first-order valence-electron chi connectivity index (χ1n) is 9.21. The molecular weight excluding hydrogens is 328 g/mol. The molecule has 0 fully saturated rings. The van der Waals surface area contributed by atoms with E-state index in [-0.39, 0.29) is 5.92 Å². The van der Waals surface area contributed by atoms with Crippen LogP contribution < -0.4 is 15.0 Å². The molecule has 1 aliphatic carbocycles. The number of carboxylic acid groups (broad SMARTS) is 1. The Bertz CT molecular complexity index is 834. The summed E-state index contributed by atoms with van der Waals surface area (Å²) in [4.78, 5) is 13.0. The van der Waals surface area contributed by atoms with Crippen LogP contribution >= 0.6 is 0 Å². The molecule has 1 amide bonds. The maximum Gasteiger partial charge on any atom is 0.404 e. The van der Waals surface area contributed by atoms with Crippen LogP contribution in [-0.4, -0.2) is 31.4 Å².